The number of H-pyrrole nitrogens is 1. The van der Waals surface area contributed by atoms with Crippen LogP contribution in [0, 0.1) is 4.77 Å². The Morgan fingerprint density at radius 2 is 2.11 bits per heavy atom. The van der Waals surface area contributed by atoms with Gasteiger partial charge in [-0.1, -0.05) is 18.2 Å². The van der Waals surface area contributed by atoms with Crippen molar-refractivity contribution in [3.05, 3.63) is 40.9 Å². The lowest BCUT2D eigenvalue weighted by Gasteiger charge is -2.12. The molecule has 2 atom stereocenters. The van der Waals surface area contributed by atoms with E-state index in [-0.39, 0.29) is 6.10 Å². The molecule has 1 aromatic heterocycles. The van der Waals surface area contributed by atoms with Crippen LogP contribution in [0.1, 0.15) is 31.7 Å². The summed E-state index contributed by atoms with van der Waals surface area (Å²) >= 11 is 5.31. The highest BCUT2D eigenvalue weighted by molar-refractivity contribution is 7.71. The first-order valence-corrected chi connectivity index (χ1v) is 6.55. The van der Waals surface area contributed by atoms with E-state index in [9.17, 15) is 0 Å². The van der Waals surface area contributed by atoms with Crippen molar-refractivity contribution in [3.63, 3.8) is 0 Å². The van der Waals surface area contributed by atoms with E-state index in [0.29, 0.717) is 10.9 Å². The lowest BCUT2D eigenvalue weighted by Crippen LogP contribution is -2.08. The highest BCUT2D eigenvalue weighted by Gasteiger charge is 2.28. The van der Waals surface area contributed by atoms with Crippen LogP contribution in [-0.2, 0) is 4.74 Å². The number of rotatable bonds is 2. The normalized spacial score (nSPS) is 23.4. The number of aromatic nitrogens is 3. The molecule has 4 nitrogen and oxygen atoms in total. The van der Waals surface area contributed by atoms with Gasteiger partial charge in [-0.15, -0.1) is 0 Å². The number of nitrogens with one attached hydrogen (secondary N) is 1. The monoisotopic (exact) mass is 261 g/mol. The van der Waals surface area contributed by atoms with E-state index in [1.54, 1.807) is 0 Å². The first-order chi connectivity index (χ1) is 8.75. The molecule has 2 heterocycles. The second-order valence-electron chi connectivity index (χ2n) is 4.57. The van der Waals surface area contributed by atoms with Crippen molar-refractivity contribution in [1.82, 2.24) is 14.8 Å². The molecule has 94 valence electrons. The summed E-state index contributed by atoms with van der Waals surface area (Å²) in [6, 6.07) is 10.0. The highest BCUT2D eigenvalue weighted by atomic mass is 32.1. The van der Waals surface area contributed by atoms with Gasteiger partial charge in [0.25, 0.3) is 0 Å². The molecule has 2 unspecified atom stereocenters. The molecule has 1 N–H and O–H groups in total. The maximum atomic E-state index is 5.87. The van der Waals surface area contributed by atoms with Crippen molar-refractivity contribution in [2.45, 2.75) is 32.0 Å². The van der Waals surface area contributed by atoms with Gasteiger partial charge in [0.05, 0.1) is 6.10 Å². The van der Waals surface area contributed by atoms with Crippen molar-refractivity contribution in [1.29, 1.82) is 0 Å². The average molecular weight is 261 g/mol. The molecule has 18 heavy (non-hydrogen) atoms. The molecule has 0 amide bonds. The number of para-hydroxylation sites is 1. The van der Waals surface area contributed by atoms with Gasteiger partial charge in [0.1, 0.15) is 6.10 Å². The van der Waals surface area contributed by atoms with E-state index in [1.165, 1.54) is 0 Å². The Morgan fingerprint density at radius 1 is 1.33 bits per heavy atom. The topological polar surface area (TPSA) is 42.8 Å². The maximum absolute atomic E-state index is 5.87. The van der Waals surface area contributed by atoms with E-state index < -0.39 is 0 Å². The Morgan fingerprint density at radius 3 is 2.78 bits per heavy atom. The molecule has 5 heteroatoms. The summed E-state index contributed by atoms with van der Waals surface area (Å²) in [5.74, 6) is 0.871. The van der Waals surface area contributed by atoms with Crippen molar-refractivity contribution in [3.8, 4) is 5.69 Å². The number of aromatic amines is 1. The Kier molecular flexibility index (Phi) is 3.01. The summed E-state index contributed by atoms with van der Waals surface area (Å²) in [6.07, 6.45) is 2.39. The molecule has 1 fully saturated rings. The Balaban J connectivity index is 2.05. The smallest absolute Gasteiger partial charge is 0.199 e. The minimum atomic E-state index is 0.0353. The van der Waals surface area contributed by atoms with Crippen LogP contribution in [-0.4, -0.2) is 20.9 Å². The molecule has 0 spiro atoms. The van der Waals surface area contributed by atoms with Crippen LogP contribution in [0.15, 0.2) is 30.3 Å². The maximum Gasteiger partial charge on any atom is 0.199 e. The summed E-state index contributed by atoms with van der Waals surface area (Å²) in [5, 5.41) is 7.19. The van der Waals surface area contributed by atoms with E-state index in [4.69, 9.17) is 17.0 Å². The fourth-order valence-corrected chi connectivity index (χ4v) is 2.59. The standard InChI is InChI=1S/C13H15N3OS/c1-9-7-8-11(17-9)12-14-15-13(18)16(12)10-5-3-2-4-6-10/h2-6,9,11H,7-8H2,1H3,(H,15,18). The van der Waals surface area contributed by atoms with E-state index in [1.807, 2.05) is 34.9 Å². The zero-order valence-electron chi connectivity index (χ0n) is 10.2. The van der Waals surface area contributed by atoms with Gasteiger partial charge in [-0.3, -0.25) is 9.67 Å². The third kappa shape index (κ3) is 2.00. The lowest BCUT2D eigenvalue weighted by molar-refractivity contribution is 0.0492. The van der Waals surface area contributed by atoms with Crippen LogP contribution in [0.3, 0.4) is 0 Å². The number of hydrogen-bond acceptors (Lipinski definition) is 3. The fourth-order valence-electron chi connectivity index (χ4n) is 2.34. The van der Waals surface area contributed by atoms with E-state index in [0.717, 1.165) is 24.4 Å². The quantitative estimate of drug-likeness (QED) is 0.844. The van der Waals surface area contributed by atoms with Crippen LogP contribution < -0.4 is 0 Å². The SMILES string of the molecule is CC1CCC(c2n[nH]c(=S)n2-c2ccccc2)O1. The fraction of sp³-hybridized carbons (Fsp3) is 0.385. The zero-order chi connectivity index (χ0) is 12.5. The van der Waals surface area contributed by atoms with Gasteiger partial charge in [0, 0.05) is 5.69 Å². The van der Waals surface area contributed by atoms with Gasteiger partial charge >= 0.3 is 0 Å². The van der Waals surface area contributed by atoms with Crippen LogP contribution in [0.25, 0.3) is 5.69 Å². The predicted octanol–water partition coefficient (Wildman–Crippen LogP) is 3.17. The molecule has 0 radical (unpaired) electrons. The first kappa shape index (κ1) is 11.6. The zero-order valence-corrected chi connectivity index (χ0v) is 11.0. The molecule has 0 bridgehead atoms. The Bertz CT molecular complexity index is 590. The minimum absolute atomic E-state index is 0.0353. The molecule has 1 aliphatic heterocycles. The Hall–Kier alpha value is -1.46. The molecule has 3 rings (SSSR count). The summed E-state index contributed by atoms with van der Waals surface area (Å²) < 4.78 is 8.44. The van der Waals surface area contributed by atoms with Crippen molar-refractivity contribution >= 4 is 12.2 Å². The van der Waals surface area contributed by atoms with Crippen molar-refractivity contribution in [2.75, 3.05) is 0 Å². The third-order valence-electron chi connectivity index (χ3n) is 3.23. The van der Waals surface area contributed by atoms with Crippen LogP contribution in [0.4, 0.5) is 0 Å². The molecular formula is C13H15N3OS. The minimum Gasteiger partial charge on any atom is -0.367 e. The van der Waals surface area contributed by atoms with Gasteiger partial charge < -0.3 is 4.74 Å². The van der Waals surface area contributed by atoms with Gasteiger partial charge in [-0.25, -0.2) is 0 Å². The number of benzene rings is 1. The van der Waals surface area contributed by atoms with Crippen LogP contribution >= 0.6 is 12.2 Å². The average Bonchev–Trinajstić information content (AvgIpc) is 2.96. The van der Waals surface area contributed by atoms with Gasteiger partial charge in [-0.05, 0) is 44.1 Å². The largest absolute Gasteiger partial charge is 0.367 e. The lowest BCUT2D eigenvalue weighted by atomic mass is 10.2. The highest BCUT2D eigenvalue weighted by Crippen LogP contribution is 2.32. The summed E-state index contributed by atoms with van der Waals surface area (Å²) in [4.78, 5) is 0. The van der Waals surface area contributed by atoms with Crippen LogP contribution in [0.5, 0.6) is 0 Å². The van der Waals surface area contributed by atoms with E-state index in [2.05, 4.69) is 17.1 Å². The molecule has 0 aliphatic carbocycles. The van der Waals surface area contributed by atoms with Gasteiger partial charge in [0.2, 0.25) is 0 Å². The molecule has 2 aromatic rings. The molecule has 0 saturated carbocycles. The Labute approximate surface area is 111 Å². The summed E-state index contributed by atoms with van der Waals surface area (Å²) in [7, 11) is 0. The van der Waals surface area contributed by atoms with Crippen molar-refractivity contribution < 1.29 is 4.74 Å². The number of hydrogen-bond donors (Lipinski definition) is 1. The van der Waals surface area contributed by atoms with E-state index >= 15 is 0 Å². The molecule has 1 aromatic carbocycles. The molecule has 1 saturated heterocycles. The second kappa shape index (κ2) is 4.66. The van der Waals surface area contributed by atoms with Gasteiger partial charge in [0.15, 0.2) is 10.6 Å². The van der Waals surface area contributed by atoms with Crippen molar-refractivity contribution in [2.24, 2.45) is 0 Å². The van der Waals surface area contributed by atoms with Crippen LogP contribution in [0.2, 0.25) is 0 Å². The summed E-state index contributed by atoms with van der Waals surface area (Å²) in [6.45, 7) is 2.09. The molecule has 1 aliphatic rings. The number of nitrogens with zero attached hydrogens (tertiary/aromatic N) is 2. The molecular weight excluding hydrogens is 246 g/mol. The second-order valence-corrected chi connectivity index (χ2v) is 4.96. The number of ether oxygens (including phenoxy) is 1. The van der Waals surface area contributed by atoms with Gasteiger partial charge in [-0.2, -0.15) is 5.10 Å². The third-order valence-corrected chi connectivity index (χ3v) is 3.51. The predicted molar refractivity (Wildman–Crippen MR) is 71.3 cm³/mol. The summed E-state index contributed by atoms with van der Waals surface area (Å²) in [5.41, 5.74) is 1.02. The first-order valence-electron chi connectivity index (χ1n) is 6.14.